The summed E-state index contributed by atoms with van der Waals surface area (Å²) in [5.41, 5.74) is 11.1. The number of fused-ring (bicyclic) bond motifs is 1. The zero-order valence-electron chi connectivity index (χ0n) is 19.5. The molecule has 0 saturated carbocycles. The van der Waals surface area contributed by atoms with Gasteiger partial charge < -0.3 is 20.5 Å². The van der Waals surface area contributed by atoms with Gasteiger partial charge in [-0.2, -0.15) is 0 Å². The fourth-order valence-electron chi connectivity index (χ4n) is 4.91. The first-order valence-electron chi connectivity index (χ1n) is 12.1. The Balaban J connectivity index is 1.19. The Morgan fingerprint density at radius 2 is 1.68 bits per heavy atom. The van der Waals surface area contributed by atoms with E-state index in [9.17, 15) is 4.39 Å². The van der Waals surface area contributed by atoms with E-state index in [4.69, 9.17) is 10.7 Å². The maximum Gasteiger partial charge on any atom is 0.123 e. The van der Waals surface area contributed by atoms with Gasteiger partial charge in [0.2, 0.25) is 0 Å². The van der Waals surface area contributed by atoms with Crippen molar-refractivity contribution in [3.63, 3.8) is 0 Å². The number of rotatable bonds is 8. The molecule has 4 aromatic rings. The summed E-state index contributed by atoms with van der Waals surface area (Å²) in [7, 11) is 0. The summed E-state index contributed by atoms with van der Waals surface area (Å²) < 4.78 is 15.7. The van der Waals surface area contributed by atoms with Crippen LogP contribution in [0.4, 0.5) is 15.8 Å². The van der Waals surface area contributed by atoms with E-state index < -0.39 is 0 Å². The van der Waals surface area contributed by atoms with Crippen LogP contribution < -0.4 is 11.1 Å². The molecule has 3 N–H and O–H groups in total. The minimum atomic E-state index is -0.200. The van der Waals surface area contributed by atoms with E-state index >= 15 is 0 Å². The van der Waals surface area contributed by atoms with E-state index in [-0.39, 0.29) is 5.82 Å². The van der Waals surface area contributed by atoms with Crippen LogP contribution in [0.1, 0.15) is 24.2 Å². The second kappa shape index (κ2) is 10.3. The quantitative estimate of drug-likeness (QED) is 0.358. The Labute approximate surface area is 200 Å². The summed E-state index contributed by atoms with van der Waals surface area (Å²) >= 11 is 0. The van der Waals surface area contributed by atoms with Gasteiger partial charge in [-0.1, -0.05) is 36.4 Å². The second-order valence-corrected chi connectivity index (χ2v) is 9.23. The highest BCUT2D eigenvalue weighted by Crippen LogP contribution is 2.25. The number of halogens is 1. The lowest BCUT2D eigenvalue weighted by Gasteiger charge is -2.32. The molecule has 0 spiro atoms. The van der Waals surface area contributed by atoms with E-state index in [1.54, 1.807) is 0 Å². The molecule has 5 rings (SSSR count). The van der Waals surface area contributed by atoms with Crippen LogP contribution in [0.15, 0.2) is 72.8 Å². The van der Waals surface area contributed by atoms with E-state index in [0.29, 0.717) is 12.5 Å². The number of nitrogens with two attached hydrogens (primary N) is 1. The van der Waals surface area contributed by atoms with Crippen LogP contribution in [0.3, 0.4) is 0 Å². The number of imidazole rings is 1. The number of benzene rings is 3. The van der Waals surface area contributed by atoms with Gasteiger partial charge in [0.15, 0.2) is 0 Å². The van der Waals surface area contributed by atoms with Gasteiger partial charge in [0.05, 0.1) is 22.4 Å². The van der Waals surface area contributed by atoms with Gasteiger partial charge in [-0.3, -0.25) is 0 Å². The number of piperidine rings is 1. The van der Waals surface area contributed by atoms with Gasteiger partial charge in [-0.25, -0.2) is 9.37 Å². The molecule has 176 valence electrons. The molecule has 1 aliphatic rings. The average molecular weight is 458 g/mol. The molecular weight excluding hydrogens is 425 g/mol. The molecule has 0 unspecified atom stereocenters. The number of anilines is 2. The number of nitrogens with one attached hydrogen (secondary N) is 1. The van der Waals surface area contributed by atoms with Gasteiger partial charge in [0.1, 0.15) is 11.6 Å². The van der Waals surface area contributed by atoms with Crippen molar-refractivity contribution < 1.29 is 4.39 Å². The fraction of sp³-hybridized carbons (Fsp3) is 0.321. The minimum Gasteiger partial charge on any atom is -0.397 e. The predicted molar refractivity (Wildman–Crippen MR) is 137 cm³/mol. The Hall–Kier alpha value is -3.38. The minimum absolute atomic E-state index is 0.200. The molecule has 1 saturated heterocycles. The zero-order valence-corrected chi connectivity index (χ0v) is 19.5. The number of hydrogen-bond donors (Lipinski definition) is 2. The van der Waals surface area contributed by atoms with Crippen molar-refractivity contribution in [2.45, 2.75) is 25.8 Å². The zero-order chi connectivity index (χ0) is 23.3. The molecule has 0 aliphatic carbocycles. The summed E-state index contributed by atoms with van der Waals surface area (Å²) in [5.74, 6) is 1.55. The highest BCUT2D eigenvalue weighted by atomic mass is 19.1. The molecule has 1 fully saturated rings. The third-order valence-corrected chi connectivity index (χ3v) is 6.87. The SMILES string of the molecule is Nc1ccccc1NCCN1CCC(Cc2nc3ccccc3n2Cc2ccc(F)cc2)CC1. The smallest absolute Gasteiger partial charge is 0.123 e. The largest absolute Gasteiger partial charge is 0.397 e. The monoisotopic (exact) mass is 457 g/mol. The average Bonchev–Trinajstić information content (AvgIpc) is 3.19. The predicted octanol–water partition coefficient (Wildman–Crippen LogP) is 5.17. The van der Waals surface area contributed by atoms with Crippen LogP contribution in [0.25, 0.3) is 11.0 Å². The Kier molecular flexibility index (Phi) is 6.77. The Morgan fingerprint density at radius 3 is 2.47 bits per heavy atom. The third kappa shape index (κ3) is 5.23. The van der Waals surface area contributed by atoms with Crippen molar-refractivity contribution in [3.8, 4) is 0 Å². The number of hydrogen-bond acceptors (Lipinski definition) is 4. The summed E-state index contributed by atoms with van der Waals surface area (Å²) in [5, 5.41) is 3.46. The first kappa shape index (κ1) is 22.4. The van der Waals surface area contributed by atoms with E-state index in [0.717, 1.165) is 66.4 Å². The van der Waals surface area contributed by atoms with Crippen molar-refractivity contribution in [3.05, 3.63) is 90.0 Å². The molecule has 34 heavy (non-hydrogen) atoms. The van der Waals surface area contributed by atoms with Gasteiger partial charge in [-0.05, 0) is 73.8 Å². The van der Waals surface area contributed by atoms with Crippen LogP contribution in [-0.2, 0) is 13.0 Å². The van der Waals surface area contributed by atoms with Gasteiger partial charge in [-0.15, -0.1) is 0 Å². The normalized spacial score (nSPS) is 15.1. The summed E-state index contributed by atoms with van der Waals surface area (Å²) in [6, 6.07) is 23.0. The molecular formula is C28H32FN5. The van der Waals surface area contributed by atoms with Crippen LogP contribution in [0.2, 0.25) is 0 Å². The molecule has 1 aliphatic heterocycles. The highest BCUT2D eigenvalue weighted by Gasteiger charge is 2.22. The van der Waals surface area contributed by atoms with Crippen molar-refractivity contribution in [2.75, 3.05) is 37.2 Å². The molecule has 0 amide bonds. The maximum absolute atomic E-state index is 13.4. The molecule has 0 atom stereocenters. The molecule has 1 aromatic heterocycles. The summed E-state index contributed by atoms with van der Waals surface area (Å²) in [6.07, 6.45) is 3.32. The van der Waals surface area contributed by atoms with E-state index in [1.165, 1.54) is 25.0 Å². The molecule has 2 heterocycles. The number of para-hydroxylation sites is 4. The standard InChI is InChI=1S/C28H32FN5/c29-23-11-9-22(10-12-23)20-34-27-8-4-3-7-26(27)32-28(34)19-21-13-16-33(17-14-21)18-15-31-25-6-2-1-5-24(25)30/h1-12,21,31H,13-20,30H2. The Morgan fingerprint density at radius 1 is 0.941 bits per heavy atom. The first-order chi connectivity index (χ1) is 16.7. The molecule has 3 aromatic carbocycles. The number of nitrogens with zero attached hydrogens (tertiary/aromatic N) is 3. The molecule has 6 heteroatoms. The van der Waals surface area contributed by atoms with Crippen molar-refractivity contribution >= 4 is 22.4 Å². The van der Waals surface area contributed by atoms with Crippen LogP contribution >= 0.6 is 0 Å². The second-order valence-electron chi connectivity index (χ2n) is 9.23. The van der Waals surface area contributed by atoms with E-state index in [1.807, 2.05) is 42.5 Å². The Bertz CT molecular complexity index is 1230. The first-order valence-corrected chi connectivity index (χ1v) is 12.1. The van der Waals surface area contributed by atoms with Gasteiger partial charge in [0.25, 0.3) is 0 Å². The number of aromatic nitrogens is 2. The van der Waals surface area contributed by atoms with Crippen LogP contribution in [0, 0.1) is 11.7 Å². The van der Waals surface area contributed by atoms with Gasteiger partial charge in [0, 0.05) is 26.1 Å². The van der Waals surface area contributed by atoms with Gasteiger partial charge >= 0.3 is 0 Å². The lowest BCUT2D eigenvalue weighted by molar-refractivity contribution is 0.188. The van der Waals surface area contributed by atoms with Crippen molar-refractivity contribution in [1.29, 1.82) is 0 Å². The fourth-order valence-corrected chi connectivity index (χ4v) is 4.91. The lowest BCUT2D eigenvalue weighted by Crippen LogP contribution is -2.37. The van der Waals surface area contributed by atoms with E-state index in [2.05, 4.69) is 33.0 Å². The molecule has 5 nitrogen and oxygen atoms in total. The van der Waals surface area contributed by atoms with Crippen LogP contribution in [0.5, 0.6) is 0 Å². The number of nitrogen functional groups attached to an aromatic ring is 1. The highest BCUT2D eigenvalue weighted by molar-refractivity contribution is 5.76. The van der Waals surface area contributed by atoms with Crippen molar-refractivity contribution in [2.24, 2.45) is 5.92 Å². The van der Waals surface area contributed by atoms with Crippen molar-refractivity contribution in [1.82, 2.24) is 14.5 Å². The molecule has 0 radical (unpaired) electrons. The third-order valence-electron chi connectivity index (χ3n) is 6.87. The summed E-state index contributed by atoms with van der Waals surface area (Å²) in [4.78, 5) is 7.52. The lowest BCUT2D eigenvalue weighted by atomic mass is 9.93. The van der Waals surface area contributed by atoms with Crippen LogP contribution in [-0.4, -0.2) is 40.6 Å². The summed E-state index contributed by atoms with van der Waals surface area (Å²) in [6.45, 7) is 4.84. The maximum atomic E-state index is 13.4. The number of likely N-dealkylation sites (tertiary alicyclic amines) is 1. The molecule has 0 bridgehead atoms. The topological polar surface area (TPSA) is 59.1 Å².